The van der Waals surface area contributed by atoms with Gasteiger partial charge in [0.15, 0.2) is 11.6 Å². The molecule has 2 unspecified atom stereocenters. The van der Waals surface area contributed by atoms with Gasteiger partial charge in [0.1, 0.15) is 0 Å². The minimum atomic E-state index is -0.504. The van der Waals surface area contributed by atoms with Crippen molar-refractivity contribution in [2.24, 2.45) is 5.84 Å². The van der Waals surface area contributed by atoms with E-state index in [1.807, 2.05) is 13.8 Å². The monoisotopic (exact) mass is 256 g/mol. The van der Waals surface area contributed by atoms with Crippen molar-refractivity contribution in [1.82, 2.24) is 5.43 Å². The largest absolute Gasteiger partial charge is 0.494 e. The van der Waals surface area contributed by atoms with Crippen LogP contribution < -0.4 is 16.0 Å². The van der Waals surface area contributed by atoms with Crippen molar-refractivity contribution in [3.8, 4) is 5.75 Å². The van der Waals surface area contributed by atoms with Crippen LogP contribution >= 0.6 is 0 Å². The van der Waals surface area contributed by atoms with E-state index in [1.54, 1.807) is 19.2 Å². The van der Waals surface area contributed by atoms with Gasteiger partial charge in [-0.05, 0) is 31.0 Å². The fourth-order valence-electron chi connectivity index (χ4n) is 1.95. The van der Waals surface area contributed by atoms with Gasteiger partial charge in [-0.25, -0.2) is 4.39 Å². The van der Waals surface area contributed by atoms with Crippen LogP contribution in [-0.4, -0.2) is 19.8 Å². The summed E-state index contributed by atoms with van der Waals surface area (Å²) in [4.78, 5) is 0. The Morgan fingerprint density at radius 2 is 2.11 bits per heavy atom. The van der Waals surface area contributed by atoms with Crippen LogP contribution in [-0.2, 0) is 4.74 Å². The number of nitrogens with two attached hydrogens (primary N) is 1. The lowest BCUT2D eigenvalue weighted by Crippen LogP contribution is -2.45. The summed E-state index contributed by atoms with van der Waals surface area (Å²) in [5.41, 5.74) is 2.91. The van der Waals surface area contributed by atoms with Crippen molar-refractivity contribution >= 4 is 0 Å². The number of rotatable bonds is 6. The fourth-order valence-corrected chi connectivity index (χ4v) is 1.95. The van der Waals surface area contributed by atoms with E-state index < -0.39 is 11.4 Å². The highest BCUT2D eigenvalue weighted by Gasteiger charge is 2.33. The van der Waals surface area contributed by atoms with Crippen LogP contribution in [0.25, 0.3) is 0 Å². The van der Waals surface area contributed by atoms with Crippen LogP contribution in [0, 0.1) is 5.82 Å². The first-order valence-corrected chi connectivity index (χ1v) is 5.87. The summed E-state index contributed by atoms with van der Waals surface area (Å²) in [5, 5.41) is 0. The molecule has 18 heavy (non-hydrogen) atoms. The summed E-state index contributed by atoms with van der Waals surface area (Å²) >= 11 is 0. The van der Waals surface area contributed by atoms with Crippen LogP contribution in [0.5, 0.6) is 5.75 Å². The number of methoxy groups -OCH3 is 2. The number of hydrazine groups is 1. The van der Waals surface area contributed by atoms with E-state index in [4.69, 9.17) is 15.3 Å². The molecule has 3 N–H and O–H groups in total. The second kappa shape index (κ2) is 6.13. The van der Waals surface area contributed by atoms with Gasteiger partial charge in [-0.3, -0.25) is 11.3 Å². The highest BCUT2D eigenvalue weighted by Crippen LogP contribution is 2.32. The van der Waals surface area contributed by atoms with Crippen LogP contribution in [0.3, 0.4) is 0 Å². The average molecular weight is 256 g/mol. The molecule has 1 aromatic rings. The van der Waals surface area contributed by atoms with Gasteiger partial charge < -0.3 is 9.47 Å². The van der Waals surface area contributed by atoms with E-state index in [1.165, 1.54) is 13.2 Å². The first-order valence-electron chi connectivity index (χ1n) is 5.87. The van der Waals surface area contributed by atoms with Gasteiger partial charge in [-0.2, -0.15) is 0 Å². The smallest absolute Gasteiger partial charge is 0.165 e. The van der Waals surface area contributed by atoms with E-state index in [-0.39, 0.29) is 11.8 Å². The Morgan fingerprint density at radius 1 is 1.44 bits per heavy atom. The molecular formula is C13H21FN2O2. The summed E-state index contributed by atoms with van der Waals surface area (Å²) in [5.74, 6) is 5.38. The Hall–Kier alpha value is -1.17. The molecule has 0 aliphatic heterocycles. The number of hydrogen-bond donors (Lipinski definition) is 2. The number of ether oxygens (including phenoxy) is 2. The minimum Gasteiger partial charge on any atom is -0.494 e. The SMILES string of the molecule is CCC(C)(OC)C(NN)c1ccc(OC)c(F)c1. The van der Waals surface area contributed by atoms with Gasteiger partial charge in [0.25, 0.3) is 0 Å². The zero-order valence-electron chi connectivity index (χ0n) is 11.3. The van der Waals surface area contributed by atoms with E-state index in [2.05, 4.69) is 5.43 Å². The number of nitrogens with one attached hydrogen (secondary N) is 1. The van der Waals surface area contributed by atoms with Crippen LogP contribution in [0.2, 0.25) is 0 Å². The Labute approximate surface area is 107 Å². The molecule has 0 bridgehead atoms. The van der Waals surface area contributed by atoms with E-state index >= 15 is 0 Å². The third-order valence-corrected chi connectivity index (χ3v) is 3.45. The molecule has 5 heteroatoms. The average Bonchev–Trinajstić information content (AvgIpc) is 2.39. The van der Waals surface area contributed by atoms with E-state index in [0.717, 1.165) is 12.0 Å². The maximum absolute atomic E-state index is 13.7. The van der Waals surface area contributed by atoms with Crippen molar-refractivity contribution in [2.75, 3.05) is 14.2 Å². The number of hydrogen-bond acceptors (Lipinski definition) is 4. The molecule has 0 fully saturated rings. The molecule has 1 rings (SSSR count). The summed E-state index contributed by atoms with van der Waals surface area (Å²) in [6.45, 7) is 3.92. The molecule has 0 aliphatic carbocycles. The molecule has 2 atom stereocenters. The maximum atomic E-state index is 13.7. The first-order chi connectivity index (χ1) is 8.52. The number of halogens is 1. The van der Waals surface area contributed by atoms with Gasteiger partial charge >= 0.3 is 0 Å². The second-order valence-corrected chi connectivity index (χ2v) is 4.36. The van der Waals surface area contributed by atoms with E-state index in [0.29, 0.717) is 0 Å². The van der Waals surface area contributed by atoms with Gasteiger partial charge in [-0.1, -0.05) is 13.0 Å². The highest BCUT2D eigenvalue weighted by atomic mass is 19.1. The third kappa shape index (κ3) is 2.80. The molecule has 0 heterocycles. The van der Waals surface area contributed by atoms with Gasteiger partial charge in [0.2, 0.25) is 0 Å². The molecule has 0 aliphatic rings. The molecule has 0 spiro atoms. The lowest BCUT2D eigenvalue weighted by atomic mass is 9.88. The van der Waals surface area contributed by atoms with Gasteiger partial charge in [0.05, 0.1) is 18.8 Å². The van der Waals surface area contributed by atoms with Crippen LogP contribution in [0.15, 0.2) is 18.2 Å². The fraction of sp³-hybridized carbons (Fsp3) is 0.538. The standard InChI is InChI=1S/C13H21FN2O2/c1-5-13(2,18-4)12(16-15)9-6-7-11(17-3)10(14)8-9/h6-8,12,16H,5,15H2,1-4H3. The van der Waals surface area contributed by atoms with Crippen LogP contribution in [0.4, 0.5) is 4.39 Å². The normalized spacial score (nSPS) is 16.1. The predicted molar refractivity (Wildman–Crippen MR) is 68.7 cm³/mol. The van der Waals surface area contributed by atoms with E-state index in [9.17, 15) is 4.39 Å². The van der Waals surface area contributed by atoms with Crippen LogP contribution in [0.1, 0.15) is 31.9 Å². The molecule has 0 saturated heterocycles. The topological polar surface area (TPSA) is 56.5 Å². The van der Waals surface area contributed by atoms with Gasteiger partial charge in [0, 0.05) is 7.11 Å². The molecule has 0 amide bonds. The zero-order chi connectivity index (χ0) is 13.8. The van der Waals surface area contributed by atoms with Crippen molar-refractivity contribution < 1.29 is 13.9 Å². The second-order valence-electron chi connectivity index (χ2n) is 4.36. The molecule has 4 nitrogen and oxygen atoms in total. The third-order valence-electron chi connectivity index (χ3n) is 3.45. The maximum Gasteiger partial charge on any atom is 0.165 e. The predicted octanol–water partition coefficient (Wildman–Crippen LogP) is 2.15. The summed E-state index contributed by atoms with van der Waals surface area (Å²) in [6, 6.07) is 4.48. The van der Waals surface area contributed by atoms with Crippen molar-refractivity contribution in [3.63, 3.8) is 0 Å². The molecule has 0 radical (unpaired) electrons. The molecule has 1 aromatic carbocycles. The summed E-state index contributed by atoms with van der Waals surface area (Å²) < 4.78 is 24.1. The molecule has 0 saturated carbocycles. The highest BCUT2D eigenvalue weighted by molar-refractivity contribution is 5.32. The molecule has 102 valence electrons. The Kier molecular flexibility index (Phi) is 5.07. The Bertz CT molecular complexity index is 395. The lowest BCUT2D eigenvalue weighted by molar-refractivity contribution is -0.0301. The molecule has 0 aromatic heterocycles. The first kappa shape index (κ1) is 14.9. The summed E-state index contributed by atoms with van der Waals surface area (Å²) in [6.07, 6.45) is 0.742. The summed E-state index contributed by atoms with van der Waals surface area (Å²) in [7, 11) is 3.05. The Balaban J connectivity index is 3.13. The van der Waals surface area contributed by atoms with Crippen molar-refractivity contribution in [1.29, 1.82) is 0 Å². The quantitative estimate of drug-likeness (QED) is 0.605. The van der Waals surface area contributed by atoms with Crippen molar-refractivity contribution in [3.05, 3.63) is 29.6 Å². The Morgan fingerprint density at radius 3 is 2.50 bits per heavy atom. The molecular weight excluding hydrogens is 235 g/mol. The zero-order valence-corrected chi connectivity index (χ0v) is 11.3. The van der Waals surface area contributed by atoms with Crippen molar-refractivity contribution in [2.45, 2.75) is 31.9 Å². The van der Waals surface area contributed by atoms with Gasteiger partial charge in [-0.15, -0.1) is 0 Å². The minimum absolute atomic E-state index is 0.213. The lowest BCUT2D eigenvalue weighted by Gasteiger charge is -2.35. The number of benzene rings is 1.